The predicted molar refractivity (Wildman–Crippen MR) is 207 cm³/mol. The third-order valence-corrected chi connectivity index (χ3v) is 9.37. The van der Waals surface area contributed by atoms with E-state index in [1.165, 1.54) is 0 Å². The lowest BCUT2D eigenvalue weighted by Crippen LogP contribution is -2.00. The standard InChI is InChI=1S/C46H28N4O2/c1-4-13-29(14-5-1)35-21-11-23-37-38-24-12-22-36(42(38)52-41(35)37)32-19-10-20-34(27-32)46-47-39-28-33(25-26-40(39)51-46)45-49-43(30-15-6-2-7-16-30)48-44(50-45)31-17-8-3-9-18-31/h1-28H. The number of hydrogen-bond donors (Lipinski definition) is 0. The maximum absolute atomic E-state index is 6.69. The minimum Gasteiger partial charge on any atom is -0.455 e. The molecule has 0 unspecified atom stereocenters. The van der Waals surface area contributed by atoms with Gasteiger partial charge in [0, 0.05) is 44.2 Å². The lowest BCUT2D eigenvalue weighted by Gasteiger charge is -2.08. The van der Waals surface area contributed by atoms with Crippen LogP contribution in [0.15, 0.2) is 179 Å². The molecule has 0 saturated carbocycles. The Morgan fingerprint density at radius 2 is 0.827 bits per heavy atom. The highest BCUT2D eigenvalue weighted by Gasteiger charge is 2.18. The fraction of sp³-hybridized carbons (Fsp3) is 0. The maximum Gasteiger partial charge on any atom is 0.227 e. The van der Waals surface area contributed by atoms with Gasteiger partial charge >= 0.3 is 0 Å². The largest absolute Gasteiger partial charge is 0.455 e. The lowest BCUT2D eigenvalue weighted by molar-refractivity contribution is 0.620. The third kappa shape index (κ3) is 5.22. The zero-order valence-corrected chi connectivity index (χ0v) is 27.8. The lowest BCUT2D eigenvalue weighted by atomic mass is 9.99. The van der Waals surface area contributed by atoms with Crippen LogP contribution in [0.2, 0.25) is 0 Å². The van der Waals surface area contributed by atoms with Gasteiger partial charge in [0.05, 0.1) is 0 Å². The van der Waals surface area contributed by atoms with Crippen LogP contribution in [0.3, 0.4) is 0 Å². The number of hydrogen-bond acceptors (Lipinski definition) is 6. The van der Waals surface area contributed by atoms with E-state index >= 15 is 0 Å². The number of rotatable bonds is 6. The summed E-state index contributed by atoms with van der Waals surface area (Å²) in [5.74, 6) is 2.31. The quantitative estimate of drug-likeness (QED) is 0.175. The molecule has 0 radical (unpaired) electrons. The van der Waals surface area contributed by atoms with Crippen LogP contribution in [-0.2, 0) is 0 Å². The Morgan fingerprint density at radius 1 is 0.327 bits per heavy atom. The summed E-state index contributed by atoms with van der Waals surface area (Å²) in [5.41, 5.74) is 10.9. The second-order valence-electron chi connectivity index (χ2n) is 12.7. The normalized spacial score (nSPS) is 11.5. The molecule has 3 heterocycles. The second kappa shape index (κ2) is 12.3. The van der Waals surface area contributed by atoms with Gasteiger partial charge in [0.15, 0.2) is 23.1 Å². The molecule has 0 aliphatic rings. The van der Waals surface area contributed by atoms with Gasteiger partial charge in [-0.2, -0.15) is 0 Å². The molecule has 0 saturated heterocycles. The first kappa shape index (κ1) is 29.7. The SMILES string of the molecule is c1ccc(-c2nc(-c3ccccc3)nc(-c3ccc4oc(-c5cccc(-c6cccc7c6oc6c(-c8ccccc8)cccc67)c5)nc4c3)n2)cc1. The highest BCUT2D eigenvalue weighted by atomic mass is 16.3. The molecule has 10 rings (SSSR count). The minimum absolute atomic E-state index is 0.530. The van der Waals surface area contributed by atoms with Crippen LogP contribution in [-0.4, -0.2) is 19.9 Å². The molecule has 244 valence electrons. The molecule has 3 aromatic heterocycles. The minimum atomic E-state index is 0.530. The van der Waals surface area contributed by atoms with Crippen molar-refractivity contribution >= 4 is 33.0 Å². The Hall–Kier alpha value is -7.18. The van der Waals surface area contributed by atoms with Gasteiger partial charge in [-0.1, -0.05) is 140 Å². The second-order valence-corrected chi connectivity index (χ2v) is 12.7. The van der Waals surface area contributed by atoms with Crippen LogP contribution in [0.4, 0.5) is 0 Å². The number of nitrogens with zero attached hydrogens (tertiary/aromatic N) is 4. The molecule has 0 amide bonds. The van der Waals surface area contributed by atoms with Crippen molar-refractivity contribution in [1.82, 2.24) is 19.9 Å². The molecule has 0 fully saturated rings. The number of oxazole rings is 1. The number of para-hydroxylation sites is 2. The molecule has 0 spiro atoms. The zero-order chi connectivity index (χ0) is 34.4. The van der Waals surface area contributed by atoms with Crippen LogP contribution in [0.5, 0.6) is 0 Å². The van der Waals surface area contributed by atoms with E-state index in [1.54, 1.807) is 0 Å². The van der Waals surface area contributed by atoms with Crippen molar-refractivity contribution < 1.29 is 8.83 Å². The average Bonchev–Trinajstić information content (AvgIpc) is 3.83. The molecular weight excluding hydrogens is 641 g/mol. The monoisotopic (exact) mass is 668 g/mol. The van der Waals surface area contributed by atoms with Gasteiger partial charge in [-0.15, -0.1) is 0 Å². The van der Waals surface area contributed by atoms with Gasteiger partial charge in [0.25, 0.3) is 0 Å². The van der Waals surface area contributed by atoms with Crippen molar-refractivity contribution in [2.24, 2.45) is 0 Å². The van der Waals surface area contributed by atoms with Crippen molar-refractivity contribution in [2.75, 3.05) is 0 Å². The first-order valence-corrected chi connectivity index (χ1v) is 17.1. The summed E-state index contributed by atoms with van der Waals surface area (Å²) in [7, 11) is 0. The first-order chi connectivity index (χ1) is 25.7. The van der Waals surface area contributed by atoms with E-state index in [0.29, 0.717) is 34.5 Å². The van der Waals surface area contributed by atoms with Gasteiger partial charge < -0.3 is 8.83 Å². The molecule has 10 aromatic rings. The molecule has 0 atom stereocenters. The third-order valence-electron chi connectivity index (χ3n) is 9.37. The molecular formula is C46H28N4O2. The van der Waals surface area contributed by atoms with Crippen molar-refractivity contribution in [3.05, 3.63) is 170 Å². The van der Waals surface area contributed by atoms with Gasteiger partial charge in [-0.3, -0.25) is 0 Å². The molecule has 7 aromatic carbocycles. The van der Waals surface area contributed by atoms with Crippen molar-refractivity contribution in [2.45, 2.75) is 0 Å². The summed E-state index contributed by atoms with van der Waals surface area (Å²) in [5, 5.41) is 2.17. The van der Waals surface area contributed by atoms with E-state index in [0.717, 1.165) is 66.4 Å². The Morgan fingerprint density at radius 3 is 1.44 bits per heavy atom. The Balaban J connectivity index is 1.04. The van der Waals surface area contributed by atoms with Gasteiger partial charge in [-0.25, -0.2) is 19.9 Å². The summed E-state index contributed by atoms with van der Waals surface area (Å²) in [6.45, 7) is 0. The molecule has 6 heteroatoms. The highest BCUT2D eigenvalue weighted by molar-refractivity contribution is 6.13. The first-order valence-electron chi connectivity index (χ1n) is 17.1. The van der Waals surface area contributed by atoms with E-state index in [-0.39, 0.29) is 0 Å². The predicted octanol–water partition coefficient (Wildman–Crippen LogP) is 11.9. The topological polar surface area (TPSA) is 77.8 Å². The fourth-order valence-corrected chi connectivity index (χ4v) is 6.84. The van der Waals surface area contributed by atoms with Crippen molar-refractivity contribution in [1.29, 1.82) is 0 Å². The number of benzene rings is 7. The van der Waals surface area contributed by atoms with E-state index in [2.05, 4.69) is 72.8 Å². The molecule has 52 heavy (non-hydrogen) atoms. The van der Waals surface area contributed by atoms with Crippen molar-refractivity contribution in [3.8, 4) is 67.9 Å². The molecule has 0 aliphatic heterocycles. The summed E-state index contributed by atoms with van der Waals surface area (Å²) in [4.78, 5) is 19.6. The van der Waals surface area contributed by atoms with E-state index in [9.17, 15) is 0 Å². The molecule has 0 aliphatic carbocycles. The van der Waals surface area contributed by atoms with E-state index < -0.39 is 0 Å². The van der Waals surface area contributed by atoms with Gasteiger partial charge in [-0.05, 0) is 41.5 Å². The van der Waals surface area contributed by atoms with Crippen molar-refractivity contribution in [3.63, 3.8) is 0 Å². The number of fused-ring (bicyclic) bond motifs is 4. The number of aromatic nitrogens is 4. The maximum atomic E-state index is 6.69. The highest BCUT2D eigenvalue weighted by Crippen LogP contribution is 2.40. The molecule has 0 N–H and O–H groups in total. The summed E-state index contributed by atoms with van der Waals surface area (Å²) in [6.07, 6.45) is 0. The Kier molecular flexibility index (Phi) is 7.03. The molecule has 6 nitrogen and oxygen atoms in total. The van der Waals surface area contributed by atoms with Crippen LogP contribution in [0.1, 0.15) is 0 Å². The Labute approximate surface area is 298 Å². The van der Waals surface area contributed by atoms with Gasteiger partial charge in [0.1, 0.15) is 16.7 Å². The zero-order valence-electron chi connectivity index (χ0n) is 27.8. The van der Waals surface area contributed by atoms with E-state index in [4.69, 9.17) is 28.8 Å². The average molecular weight is 669 g/mol. The Bertz CT molecular complexity index is 2840. The fourth-order valence-electron chi connectivity index (χ4n) is 6.84. The van der Waals surface area contributed by atoms with Crippen LogP contribution >= 0.6 is 0 Å². The van der Waals surface area contributed by atoms with Gasteiger partial charge in [0.2, 0.25) is 5.89 Å². The van der Waals surface area contributed by atoms with Crippen LogP contribution in [0.25, 0.3) is 101 Å². The summed E-state index contributed by atoms with van der Waals surface area (Å²) < 4.78 is 13.0. The van der Waals surface area contributed by atoms with Crippen LogP contribution < -0.4 is 0 Å². The summed E-state index contributed by atoms with van der Waals surface area (Å²) >= 11 is 0. The summed E-state index contributed by atoms with van der Waals surface area (Å²) in [6, 6.07) is 57.1. The number of furan rings is 1. The molecule has 0 bridgehead atoms. The van der Waals surface area contributed by atoms with E-state index in [1.807, 2.05) is 97.1 Å². The van der Waals surface area contributed by atoms with Crippen LogP contribution in [0, 0.1) is 0 Å². The smallest absolute Gasteiger partial charge is 0.227 e.